The Morgan fingerprint density at radius 2 is 2.13 bits per heavy atom. The van der Waals surface area contributed by atoms with Gasteiger partial charge >= 0.3 is 0 Å². The van der Waals surface area contributed by atoms with Gasteiger partial charge in [0, 0.05) is 18.2 Å². The second kappa shape index (κ2) is 6.19. The predicted molar refractivity (Wildman–Crippen MR) is 92.1 cm³/mol. The quantitative estimate of drug-likeness (QED) is 0.751. The van der Waals surface area contributed by atoms with Gasteiger partial charge in [-0.15, -0.1) is 21.5 Å². The molecule has 7 nitrogen and oxygen atoms in total. The van der Waals surface area contributed by atoms with Crippen LogP contribution in [0.5, 0.6) is 0 Å². The average molecular weight is 349 g/mol. The molecule has 0 aliphatic heterocycles. The SMILES string of the molecule is COCc1cc(C)nc2sc(C(=O)Nc3nnc(C)s3)c(N)c12. The molecule has 0 atom stereocenters. The normalized spacial score (nSPS) is 11.1. The molecule has 1 amide bonds. The van der Waals surface area contributed by atoms with Gasteiger partial charge in [-0.25, -0.2) is 4.98 Å². The molecule has 0 saturated carbocycles. The highest BCUT2D eigenvalue weighted by Gasteiger charge is 2.21. The second-order valence-electron chi connectivity index (χ2n) is 4.96. The third-order valence-corrected chi connectivity index (χ3v) is 5.01. The molecule has 0 saturated heterocycles. The van der Waals surface area contributed by atoms with E-state index in [2.05, 4.69) is 20.5 Å². The Labute approximate surface area is 140 Å². The number of amides is 1. The molecule has 3 aromatic rings. The van der Waals surface area contributed by atoms with Gasteiger partial charge in [0.25, 0.3) is 5.91 Å². The Balaban J connectivity index is 2.02. The minimum atomic E-state index is -0.303. The summed E-state index contributed by atoms with van der Waals surface area (Å²) < 4.78 is 5.22. The van der Waals surface area contributed by atoms with Gasteiger partial charge in [0.2, 0.25) is 5.13 Å². The van der Waals surface area contributed by atoms with Gasteiger partial charge in [-0.3, -0.25) is 10.1 Å². The van der Waals surface area contributed by atoms with E-state index < -0.39 is 0 Å². The van der Waals surface area contributed by atoms with Gasteiger partial charge in [-0.1, -0.05) is 11.3 Å². The Kier molecular flexibility index (Phi) is 4.24. The summed E-state index contributed by atoms with van der Waals surface area (Å²) in [6.07, 6.45) is 0. The van der Waals surface area contributed by atoms with Crippen LogP contribution in [-0.2, 0) is 11.3 Å². The lowest BCUT2D eigenvalue weighted by Crippen LogP contribution is -2.11. The predicted octanol–water partition coefficient (Wildman–Crippen LogP) is 2.75. The van der Waals surface area contributed by atoms with Gasteiger partial charge < -0.3 is 10.5 Å². The highest BCUT2D eigenvalue weighted by atomic mass is 32.1. The number of nitrogens with two attached hydrogens (primary N) is 1. The van der Waals surface area contributed by atoms with Crippen LogP contribution in [0, 0.1) is 13.8 Å². The summed E-state index contributed by atoms with van der Waals surface area (Å²) in [7, 11) is 1.62. The smallest absolute Gasteiger partial charge is 0.269 e. The molecule has 3 aromatic heterocycles. The molecular formula is C14H15N5O2S2. The number of hydrogen-bond donors (Lipinski definition) is 2. The number of carbonyl (C=O) groups is 1. The average Bonchev–Trinajstić information content (AvgIpc) is 3.03. The zero-order valence-corrected chi connectivity index (χ0v) is 14.5. The molecule has 3 heterocycles. The monoisotopic (exact) mass is 349 g/mol. The van der Waals surface area contributed by atoms with E-state index >= 15 is 0 Å². The van der Waals surface area contributed by atoms with Crippen molar-refractivity contribution in [2.24, 2.45) is 0 Å². The number of thiophene rings is 1. The summed E-state index contributed by atoms with van der Waals surface area (Å²) in [6, 6.07) is 1.92. The zero-order valence-electron chi connectivity index (χ0n) is 12.8. The molecule has 0 fully saturated rings. The van der Waals surface area contributed by atoms with Crippen LogP contribution in [0.25, 0.3) is 10.2 Å². The zero-order chi connectivity index (χ0) is 16.6. The Bertz CT molecular complexity index is 887. The molecule has 0 unspecified atom stereocenters. The van der Waals surface area contributed by atoms with Crippen molar-refractivity contribution >= 4 is 49.6 Å². The fourth-order valence-electron chi connectivity index (χ4n) is 2.28. The van der Waals surface area contributed by atoms with Crippen LogP contribution in [0.2, 0.25) is 0 Å². The molecule has 0 aliphatic carbocycles. The fourth-order valence-corrected chi connectivity index (χ4v) is 3.94. The molecule has 0 aliphatic rings. The number of nitrogens with one attached hydrogen (secondary N) is 1. The standard InChI is InChI=1S/C14H15N5O2S2/c1-6-4-8(5-21-3)9-10(15)11(23-13(9)16-6)12(20)17-14-19-18-7(2)22-14/h4H,5,15H2,1-3H3,(H,17,19,20). The highest BCUT2D eigenvalue weighted by Crippen LogP contribution is 2.36. The van der Waals surface area contributed by atoms with Gasteiger partial charge in [-0.05, 0) is 25.5 Å². The number of nitrogens with zero attached hydrogens (tertiary/aromatic N) is 3. The first-order valence-electron chi connectivity index (χ1n) is 6.78. The van der Waals surface area contributed by atoms with Crippen molar-refractivity contribution in [1.82, 2.24) is 15.2 Å². The first-order chi connectivity index (χ1) is 11.0. The van der Waals surface area contributed by atoms with Crippen molar-refractivity contribution in [3.05, 3.63) is 27.2 Å². The van der Waals surface area contributed by atoms with Gasteiger partial charge in [0.1, 0.15) is 14.7 Å². The van der Waals surface area contributed by atoms with Gasteiger partial charge in [0.15, 0.2) is 0 Å². The molecular weight excluding hydrogens is 334 g/mol. The van der Waals surface area contributed by atoms with Crippen LogP contribution in [0.15, 0.2) is 6.07 Å². The number of hydrogen-bond acceptors (Lipinski definition) is 8. The van der Waals surface area contributed by atoms with Crippen molar-refractivity contribution in [1.29, 1.82) is 0 Å². The topological polar surface area (TPSA) is 103 Å². The number of aromatic nitrogens is 3. The molecule has 23 heavy (non-hydrogen) atoms. The molecule has 0 spiro atoms. The molecule has 0 bridgehead atoms. The van der Waals surface area contributed by atoms with Crippen LogP contribution in [0.1, 0.15) is 25.9 Å². The fraction of sp³-hybridized carbons (Fsp3) is 0.286. The summed E-state index contributed by atoms with van der Waals surface area (Å²) in [6.45, 7) is 4.14. The van der Waals surface area contributed by atoms with Gasteiger partial charge in [0.05, 0.1) is 12.3 Å². The Hall–Kier alpha value is -2.10. The van der Waals surface area contributed by atoms with E-state index in [1.54, 1.807) is 7.11 Å². The summed E-state index contributed by atoms with van der Waals surface area (Å²) in [4.78, 5) is 18.1. The lowest BCUT2D eigenvalue weighted by molar-refractivity contribution is 0.103. The van der Waals surface area contributed by atoms with Crippen LogP contribution >= 0.6 is 22.7 Å². The molecule has 3 rings (SSSR count). The first-order valence-corrected chi connectivity index (χ1v) is 8.41. The van der Waals surface area contributed by atoms with E-state index in [0.29, 0.717) is 22.3 Å². The van der Waals surface area contributed by atoms with Gasteiger partial charge in [-0.2, -0.15) is 0 Å². The number of nitrogen functional groups attached to an aromatic ring is 1. The largest absolute Gasteiger partial charge is 0.397 e. The molecule has 0 radical (unpaired) electrons. The van der Waals surface area contributed by atoms with E-state index in [-0.39, 0.29) is 5.91 Å². The van der Waals surface area contributed by atoms with Crippen molar-refractivity contribution < 1.29 is 9.53 Å². The van der Waals surface area contributed by atoms with Crippen molar-refractivity contribution in [2.75, 3.05) is 18.2 Å². The number of anilines is 2. The van der Waals surface area contributed by atoms with Crippen LogP contribution < -0.4 is 11.1 Å². The molecule has 120 valence electrons. The first kappa shape index (κ1) is 15.8. The summed E-state index contributed by atoms with van der Waals surface area (Å²) >= 11 is 2.58. The maximum absolute atomic E-state index is 12.5. The molecule has 0 aromatic carbocycles. The number of ether oxygens (including phenoxy) is 1. The summed E-state index contributed by atoms with van der Waals surface area (Å²) in [5, 5.41) is 12.5. The summed E-state index contributed by atoms with van der Waals surface area (Å²) in [5.74, 6) is -0.303. The summed E-state index contributed by atoms with van der Waals surface area (Å²) in [5.41, 5.74) is 8.41. The van der Waals surface area contributed by atoms with E-state index in [9.17, 15) is 4.79 Å². The van der Waals surface area contributed by atoms with E-state index in [1.165, 1.54) is 22.7 Å². The van der Waals surface area contributed by atoms with Crippen molar-refractivity contribution in [3.63, 3.8) is 0 Å². The number of pyridine rings is 1. The maximum Gasteiger partial charge on any atom is 0.269 e. The van der Waals surface area contributed by atoms with Crippen LogP contribution in [0.3, 0.4) is 0 Å². The minimum Gasteiger partial charge on any atom is -0.397 e. The van der Waals surface area contributed by atoms with E-state index in [4.69, 9.17) is 10.5 Å². The lowest BCUT2D eigenvalue weighted by atomic mass is 10.1. The Morgan fingerprint density at radius 1 is 1.35 bits per heavy atom. The minimum absolute atomic E-state index is 0.303. The maximum atomic E-state index is 12.5. The third-order valence-electron chi connectivity index (χ3n) is 3.16. The number of carbonyl (C=O) groups excluding carboxylic acids is 1. The lowest BCUT2D eigenvalue weighted by Gasteiger charge is -2.04. The molecule has 3 N–H and O–H groups in total. The number of aryl methyl sites for hydroxylation is 2. The number of fused-ring (bicyclic) bond motifs is 1. The van der Waals surface area contributed by atoms with E-state index in [0.717, 1.165) is 26.5 Å². The third kappa shape index (κ3) is 3.03. The number of methoxy groups -OCH3 is 1. The van der Waals surface area contributed by atoms with E-state index in [1.807, 2.05) is 19.9 Å². The number of rotatable bonds is 4. The van der Waals surface area contributed by atoms with Crippen LogP contribution in [0.4, 0.5) is 10.8 Å². The second-order valence-corrected chi connectivity index (χ2v) is 7.14. The Morgan fingerprint density at radius 3 is 2.78 bits per heavy atom. The van der Waals surface area contributed by atoms with Crippen LogP contribution in [-0.4, -0.2) is 28.2 Å². The molecule has 9 heteroatoms. The highest BCUT2D eigenvalue weighted by molar-refractivity contribution is 7.21. The van der Waals surface area contributed by atoms with Crippen molar-refractivity contribution in [3.8, 4) is 0 Å². The van der Waals surface area contributed by atoms with Crippen molar-refractivity contribution in [2.45, 2.75) is 20.5 Å².